The van der Waals surface area contributed by atoms with Crippen molar-refractivity contribution >= 4 is 11.8 Å². The molecule has 0 radical (unpaired) electrons. The van der Waals surface area contributed by atoms with Gasteiger partial charge in [0.05, 0.1) is 12.6 Å². The monoisotopic (exact) mass is 328 g/mol. The van der Waals surface area contributed by atoms with Crippen molar-refractivity contribution in [1.82, 2.24) is 20.4 Å². The van der Waals surface area contributed by atoms with Gasteiger partial charge in [0, 0.05) is 52.5 Å². The Labute approximate surface area is 139 Å². The molecule has 2 N–H and O–H groups in total. The summed E-state index contributed by atoms with van der Waals surface area (Å²) < 4.78 is 5.25. The number of likely N-dealkylation sites (N-methyl/N-ethyl adjacent to an activating group) is 1. The fourth-order valence-electron chi connectivity index (χ4n) is 2.61. The first-order chi connectivity index (χ1) is 11.1. The Morgan fingerprint density at radius 1 is 1.13 bits per heavy atom. The van der Waals surface area contributed by atoms with Gasteiger partial charge in [0.15, 0.2) is 0 Å². The third kappa shape index (κ3) is 7.76. The summed E-state index contributed by atoms with van der Waals surface area (Å²) in [7, 11) is 0. The van der Waals surface area contributed by atoms with E-state index in [0.29, 0.717) is 32.8 Å². The molecule has 1 aliphatic rings. The second-order valence-corrected chi connectivity index (χ2v) is 5.78. The summed E-state index contributed by atoms with van der Waals surface area (Å²) in [4.78, 5) is 28.0. The zero-order chi connectivity index (χ0) is 17.1. The van der Waals surface area contributed by atoms with Crippen molar-refractivity contribution in [1.29, 1.82) is 0 Å². The second kappa shape index (κ2) is 11.4. The van der Waals surface area contributed by atoms with Crippen molar-refractivity contribution in [2.75, 3.05) is 59.0 Å². The minimum Gasteiger partial charge on any atom is -0.382 e. The predicted octanol–water partition coefficient (Wildman–Crippen LogP) is -0.329. The molecule has 2 amide bonds. The molecule has 0 spiro atoms. The van der Waals surface area contributed by atoms with Crippen molar-refractivity contribution < 1.29 is 14.3 Å². The number of carbonyl (C=O) groups is 2. The minimum atomic E-state index is -0.131. The van der Waals surface area contributed by atoms with Crippen LogP contribution in [0.25, 0.3) is 0 Å². The lowest BCUT2D eigenvalue weighted by Gasteiger charge is -2.37. The van der Waals surface area contributed by atoms with E-state index in [0.717, 1.165) is 32.6 Å². The number of hydrogen-bond acceptors (Lipinski definition) is 5. The second-order valence-electron chi connectivity index (χ2n) is 5.78. The number of rotatable bonds is 10. The summed E-state index contributed by atoms with van der Waals surface area (Å²) in [5, 5.41) is 5.77. The SMILES string of the molecule is CCNC(=O)CN1CCN(C(C)C(=O)NCCCOCC)CC1. The van der Waals surface area contributed by atoms with Gasteiger partial charge < -0.3 is 15.4 Å². The number of ether oxygens (including phenoxy) is 1. The lowest BCUT2D eigenvalue weighted by molar-refractivity contribution is -0.127. The lowest BCUT2D eigenvalue weighted by Crippen LogP contribution is -2.55. The van der Waals surface area contributed by atoms with Crippen molar-refractivity contribution in [3.05, 3.63) is 0 Å². The molecule has 1 saturated heterocycles. The summed E-state index contributed by atoms with van der Waals surface area (Å²) >= 11 is 0. The molecular formula is C16H32N4O3. The van der Waals surface area contributed by atoms with Gasteiger partial charge in [-0.3, -0.25) is 19.4 Å². The van der Waals surface area contributed by atoms with Gasteiger partial charge in [-0.2, -0.15) is 0 Å². The zero-order valence-corrected chi connectivity index (χ0v) is 14.8. The highest BCUT2D eigenvalue weighted by Gasteiger charge is 2.25. The number of nitrogens with one attached hydrogen (secondary N) is 2. The van der Waals surface area contributed by atoms with Gasteiger partial charge in [-0.15, -0.1) is 0 Å². The van der Waals surface area contributed by atoms with Crippen molar-refractivity contribution in [2.45, 2.75) is 33.2 Å². The molecule has 1 unspecified atom stereocenters. The van der Waals surface area contributed by atoms with E-state index in [9.17, 15) is 9.59 Å². The lowest BCUT2D eigenvalue weighted by atomic mass is 10.2. The first-order valence-corrected chi connectivity index (χ1v) is 8.67. The van der Waals surface area contributed by atoms with Crippen LogP contribution in [-0.4, -0.2) is 86.7 Å². The van der Waals surface area contributed by atoms with E-state index < -0.39 is 0 Å². The summed E-state index contributed by atoms with van der Waals surface area (Å²) in [6.45, 7) is 12.2. The van der Waals surface area contributed by atoms with Crippen LogP contribution in [0.5, 0.6) is 0 Å². The molecule has 1 fully saturated rings. The molecule has 1 aliphatic heterocycles. The van der Waals surface area contributed by atoms with E-state index in [1.54, 1.807) is 0 Å². The normalized spacial score (nSPS) is 17.7. The summed E-state index contributed by atoms with van der Waals surface area (Å²) in [5.74, 6) is 0.139. The first kappa shape index (κ1) is 19.9. The van der Waals surface area contributed by atoms with Crippen LogP contribution >= 0.6 is 0 Å². The van der Waals surface area contributed by atoms with Gasteiger partial charge in [0.2, 0.25) is 11.8 Å². The van der Waals surface area contributed by atoms with Crippen molar-refractivity contribution in [2.24, 2.45) is 0 Å². The number of hydrogen-bond donors (Lipinski definition) is 2. The molecule has 1 atom stereocenters. The van der Waals surface area contributed by atoms with E-state index in [2.05, 4.69) is 20.4 Å². The average molecular weight is 328 g/mol. The highest BCUT2D eigenvalue weighted by molar-refractivity contribution is 5.81. The topological polar surface area (TPSA) is 73.9 Å². The van der Waals surface area contributed by atoms with Gasteiger partial charge in [-0.05, 0) is 27.2 Å². The van der Waals surface area contributed by atoms with Crippen LogP contribution < -0.4 is 10.6 Å². The molecule has 0 saturated carbocycles. The van der Waals surface area contributed by atoms with Crippen molar-refractivity contribution in [3.63, 3.8) is 0 Å². The molecule has 0 aromatic heterocycles. The van der Waals surface area contributed by atoms with Gasteiger partial charge in [-0.25, -0.2) is 0 Å². The third-order valence-corrected chi connectivity index (χ3v) is 4.04. The van der Waals surface area contributed by atoms with E-state index in [1.807, 2.05) is 20.8 Å². The number of carbonyl (C=O) groups excluding carboxylic acids is 2. The summed E-state index contributed by atoms with van der Waals surface area (Å²) in [6, 6.07) is -0.131. The van der Waals surface area contributed by atoms with E-state index in [1.165, 1.54) is 0 Å². The van der Waals surface area contributed by atoms with E-state index in [-0.39, 0.29) is 17.9 Å². The molecule has 23 heavy (non-hydrogen) atoms. The van der Waals surface area contributed by atoms with Crippen LogP contribution in [-0.2, 0) is 14.3 Å². The fourth-order valence-corrected chi connectivity index (χ4v) is 2.61. The van der Waals surface area contributed by atoms with Crippen LogP contribution in [0.2, 0.25) is 0 Å². The molecular weight excluding hydrogens is 296 g/mol. The third-order valence-electron chi connectivity index (χ3n) is 4.04. The smallest absolute Gasteiger partial charge is 0.237 e. The first-order valence-electron chi connectivity index (χ1n) is 8.67. The molecule has 0 aliphatic carbocycles. The quantitative estimate of drug-likeness (QED) is 0.537. The zero-order valence-electron chi connectivity index (χ0n) is 14.8. The number of nitrogens with zero attached hydrogens (tertiary/aromatic N) is 2. The van der Waals surface area contributed by atoms with E-state index in [4.69, 9.17) is 4.74 Å². The maximum Gasteiger partial charge on any atom is 0.237 e. The van der Waals surface area contributed by atoms with Crippen molar-refractivity contribution in [3.8, 4) is 0 Å². The molecule has 134 valence electrons. The van der Waals surface area contributed by atoms with Gasteiger partial charge in [0.25, 0.3) is 0 Å². The van der Waals surface area contributed by atoms with Crippen LogP contribution in [0, 0.1) is 0 Å². The van der Waals surface area contributed by atoms with E-state index >= 15 is 0 Å². The molecule has 0 aromatic carbocycles. The molecule has 7 heteroatoms. The molecule has 1 rings (SSSR count). The van der Waals surface area contributed by atoms with Crippen LogP contribution in [0.4, 0.5) is 0 Å². The summed E-state index contributed by atoms with van der Waals surface area (Å²) in [5.41, 5.74) is 0. The largest absolute Gasteiger partial charge is 0.382 e. The summed E-state index contributed by atoms with van der Waals surface area (Å²) in [6.07, 6.45) is 0.840. The predicted molar refractivity (Wildman–Crippen MR) is 90.3 cm³/mol. The maximum absolute atomic E-state index is 12.1. The number of amides is 2. The highest BCUT2D eigenvalue weighted by Crippen LogP contribution is 2.06. The molecule has 0 bridgehead atoms. The Morgan fingerprint density at radius 3 is 2.43 bits per heavy atom. The molecule has 7 nitrogen and oxygen atoms in total. The number of piperazine rings is 1. The molecule has 1 heterocycles. The molecule has 0 aromatic rings. The van der Waals surface area contributed by atoms with Crippen LogP contribution in [0.3, 0.4) is 0 Å². The van der Waals surface area contributed by atoms with Crippen LogP contribution in [0.1, 0.15) is 27.2 Å². The minimum absolute atomic E-state index is 0.0682. The Kier molecular flexibility index (Phi) is 9.82. The standard InChI is InChI=1S/C16H32N4O3/c1-4-17-15(21)13-19-8-10-20(11-9-19)14(3)16(22)18-7-6-12-23-5-2/h14H,4-13H2,1-3H3,(H,17,21)(H,18,22). The van der Waals surface area contributed by atoms with Gasteiger partial charge in [0.1, 0.15) is 0 Å². The fraction of sp³-hybridized carbons (Fsp3) is 0.875. The maximum atomic E-state index is 12.1. The Hall–Kier alpha value is -1.18. The van der Waals surface area contributed by atoms with Crippen LogP contribution in [0.15, 0.2) is 0 Å². The Balaban J connectivity index is 2.21. The highest BCUT2D eigenvalue weighted by atomic mass is 16.5. The average Bonchev–Trinajstić information content (AvgIpc) is 2.54. The Morgan fingerprint density at radius 2 is 1.83 bits per heavy atom. The van der Waals surface area contributed by atoms with Gasteiger partial charge >= 0.3 is 0 Å². The Bertz CT molecular complexity index is 357. The van der Waals surface area contributed by atoms with Gasteiger partial charge in [-0.1, -0.05) is 0 Å².